The summed E-state index contributed by atoms with van der Waals surface area (Å²) in [5.41, 5.74) is 0.750. The van der Waals surface area contributed by atoms with Gasteiger partial charge in [0, 0.05) is 26.9 Å². The lowest BCUT2D eigenvalue weighted by Gasteiger charge is -2.20. The van der Waals surface area contributed by atoms with Crippen molar-refractivity contribution in [3.05, 3.63) is 84.9 Å². The van der Waals surface area contributed by atoms with Crippen LogP contribution in [0.3, 0.4) is 0 Å². The lowest BCUT2D eigenvalue weighted by Crippen LogP contribution is -2.18. The SMILES string of the molecule is O=S(=O)(Cl)c1c(-c2ccccc2)cc2c(c1S(=O)(=O)Cl)S(=O)(=O)c1ccc(cc1)-c1ccc(cc1)S2(=O)=O. The summed E-state index contributed by atoms with van der Waals surface area (Å²) in [6, 6.07) is 18.8. The highest BCUT2D eigenvalue weighted by Crippen LogP contribution is 2.46. The summed E-state index contributed by atoms with van der Waals surface area (Å²) in [4.78, 5) is -5.74. The van der Waals surface area contributed by atoms with Crippen LogP contribution in [0.1, 0.15) is 0 Å². The van der Waals surface area contributed by atoms with Crippen molar-refractivity contribution in [3.63, 3.8) is 0 Å². The predicted octanol–water partition coefficient (Wildman–Crippen LogP) is 4.85. The Bertz CT molecular complexity index is 2060. The van der Waals surface area contributed by atoms with Crippen molar-refractivity contribution in [2.45, 2.75) is 29.4 Å². The van der Waals surface area contributed by atoms with Crippen LogP contribution in [0.15, 0.2) is 114 Å². The van der Waals surface area contributed by atoms with Crippen LogP contribution in [-0.2, 0) is 37.8 Å². The molecule has 0 saturated heterocycles. The normalized spacial score (nSPS) is 15.8. The molecular weight excluding hydrogens is 615 g/mol. The second kappa shape index (κ2) is 8.90. The van der Waals surface area contributed by atoms with Gasteiger partial charge in [-0.05, 0) is 47.0 Å². The van der Waals surface area contributed by atoms with Gasteiger partial charge in [-0.3, -0.25) is 0 Å². The van der Waals surface area contributed by atoms with Crippen LogP contribution in [0.4, 0.5) is 0 Å². The van der Waals surface area contributed by atoms with E-state index in [4.69, 9.17) is 21.4 Å². The third-order valence-corrected chi connectivity index (χ3v) is 12.7. The third-order valence-electron chi connectivity index (χ3n) is 5.95. The molecule has 196 valence electrons. The van der Waals surface area contributed by atoms with Crippen LogP contribution in [-0.4, -0.2) is 33.7 Å². The van der Waals surface area contributed by atoms with E-state index in [9.17, 15) is 33.7 Å². The van der Waals surface area contributed by atoms with E-state index in [1.807, 2.05) is 0 Å². The first-order valence-corrected chi connectivity index (χ1v) is 18.1. The molecule has 0 unspecified atom stereocenters. The van der Waals surface area contributed by atoms with Crippen molar-refractivity contribution in [3.8, 4) is 22.3 Å². The summed E-state index contributed by atoms with van der Waals surface area (Å²) in [6.45, 7) is 0. The molecule has 0 amide bonds. The lowest BCUT2D eigenvalue weighted by atomic mass is 10.1. The molecule has 0 aliphatic carbocycles. The maximum absolute atomic E-state index is 14.0. The Morgan fingerprint density at radius 3 is 1.42 bits per heavy atom. The molecule has 4 aromatic rings. The van der Waals surface area contributed by atoms with Crippen molar-refractivity contribution < 1.29 is 33.7 Å². The number of rotatable bonds is 3. The average Bonchev–Trinajstić information content (AvgIpc) is 2.86. The first kappa shape index (κ1) is 26.9. The van der Waals surface area contributed by atoms with Gasteiger partial charge in [-0.1, -0.05) is 54.6 Å². The topological polar surface area (TPSA) is 137 Å². The summed E-state index contributed by atoms with van der Waals surface area (Å²) < 4.78 is 107. The molecule has 4 aromatic carbocycles. The van der Waals surface area contributed by atoms with Crippen molar-refractivity contribution in [2.24, 2.45) is 0 Å². The van der Waals surface area contributed by atoms with Crippen molar-refractivity contribution in [1.29, 1.82) is 0 Å². The fourth-order valence-corrected chi connectivity index (χ4v) is 11.9. The highest BCUT2D eigenvalue weighted by molar-refractivity contribution is 8.16. The van der Waals surface area contributed by atoms with Crippen LogP contribution in [0.2, 0.25) is 0 Å². The average molecular weight is 630 g/mol. The summed E-state index contributed by atoms with van der Waals surface area (Å²) >= 11 is 0. The van der Waals surface area contributed by atoms with E-state index in [-0.39, 0.29) is 10.5 Å². The van der Waals surface area contributed by atoms with Gasteiger partial charge in [0.2, 0.25) is 19.7 Å². The highest BCUT2D eigenvalue weighted by atomic mass is 35.7. The van der Waals surface area contributed by atoms with Gasteiger partial charge in [0.1, 0.15) is 14.7 Å². The van der Waals surface area contributed by atoms with Crippen LogP contribution < -0.4 is 0 Å². The Hall–Kier alpha value is -2.74. The first-order valence-electron chi connectivity index (χ1n) is 10.5. The Balaban J connectivity index is 2.15. The van der Waals surface area contributed by atoms with E-state index < -0.39 is 67.8 Å². The monoisotopic (exact) mass is 628 g/mol. The van der Waals surface area contributed by atoms with E-state index in [0.29, 0.717) is 11.1 Å². The molecule has 0 fully saturated rings. The zero-order valence-corrected chi connectivity index (χ0v) is 23.5. The molecule has 4 bridgehead atoms. The molecule has 38 heavy (non-hydrogen) atoms. The van der Waals surface area contributed by atoms with Crippen LogP contribution in [0.25, 0.3) is 22.3 Å². The second-order valence-electron chi connectivity index (χ2n) is 8.21. The molecule has 4 heterocycles. The molecule has 0 radical (unpaired) electrons. The maximum Gasteiger partial charge on any atom is 0.264 e. The van der Waals surface area contributed by atoms with Gasteiger partial charge in [-0.25, -0.2) is 33.7 Å². The summed E-state index contributed by atoms with van der Waals surface area (Å²) in [5.74, 6) is 0. The predicted molar refractivity (Wildman–Crippen MR) is 141 cm³/mol. The Labute approximate surface area is 228 Å². The number of hydrogen-bond acceptors (Lipinski definition) is 8. The van der Waals surface area contributed by atoms with Gasteiger partial charge in [-0.15, -0.1) is 0 Å². The molecule has 0 atom stereocenters. The molecule has 0 spiro atoms. The maximum atomic E-state index is 14.0. The standard InChI is InChI=1S/C24H14Cl2O8S4/c25-37(31,32)22-20(17-4-2-1-3-5-17)14-21-23(24(22)38(26,33)34)36(29,30)19-12-8-16(9-13-19)15-6-10-18(11-7-15)35(21,27)28/h1-14H. The van der Waals surface area contributed by atoms with E-state index in [1.54, 1.807) is 6.07 Å². The first-order chi connectivity index (χ1) is 17.6. The Morgan fingerprint density at radius 2 is 0.974 bits per heavy atom. The number of halogens is 2. The lowest BCUT2D eigenvalue weighted by molar-refractivity contribution is 0.571. The minimum absolute atomic E-state index is 0.0505. The van der Waals surface area contributed by atoms with E-state index in [2.05, 4.69) is 0 Å². The van der Waals surface area contributed by atoms with Crippen LogP contribution >= 0.6 is 21.4 Å². The fourth-order valence-electron chi connectivity index (χ4n) is 4.25. The van der Waals surface area contributed by atoms with E-state index in [1.165, 1.54) is 60.7 Å². The minimum Gasteiger partial charge on any atom is -0.218 e. The number of hydrogen-bond donors (Lipinski definition) is 0. The molecular formula is C24H14Cl2O8S4. The van der Waals surface area contributed by atoms with Crippen molar-refractivity contribution >= 4 is 59.1 Å². The highest BCUT2D eigenvalue weighted by Gasteiger charge is 2.42. The zero-order valence-electron chi connectivity index (χ0n) is 18.7. The number of sulfone groups is 2. The third kappa shape index (κ3) is 4.34. The van der Waals surface area contributed by atoms with Gasteiger partial charge in [0.05, 0.1) is 14.7 Å². The Kier molecular flexibility index (Phi) is 6.29. The van der Waals surface area contributed by atoms with E-state index in [0.717, 1.165) is 18.2 Å². The van der Waals surface area contributed by atoms with Gasteiger partial charge in [-0.2, -0.15) is 0 Å². The summed E-state index contributed by atoms with van der Waals surface area (Å²) in [5, 5.41) is 0. The second-order valence-corrected chi connectivity index (χ2v) is 17.0. The van der Waals surface area contributed by atoms with E-state index >= 15 is 0 Å². The van der Waals surface area contributed by atoms with Crippen LogP contribution in [0, 0.1) is 0 Å². The van der Waals surface area contributed by atoms with Gasteiger partial charge < -0.3 is 0 Å². The molecule has 14 heteroatoms. The zero-order chi connectivity index (χ0) is 27.7. The van der Waals surface area contributed by atoms with Crippen molar-refractivity contribution in [1.82, 2.24) is 0 Å². The molecule has 8 nitrogen and oxygen atoms in total. The van der Waals surface area contributed by atoms with Crippen LogP contribution in [0.5, 0.6) is 0 Å². The molecule has 0 saturated carbocycles. The number of benzene rings is 4. The van der Waals surface area contributed by atoms with Gasteiger partial charge >= 0.3 is 0 Å². The molecule has 8 rings (SSSR count). The van der Waals surface area contributed by atoms with Gasteiger partial charge in [0.15, 0.2) is 0 Å². The smallest absolute Gasteiger partial charge is 0.218 e. The molecule has 0 aromatic heterocycles. The largest absolute Gasteiger partial charge is 0.264 e. The van der Waals surface area contributed by atoms with Gasteiger partial charge in [0.25, 0.3) is 18.1 Å². The van der Waals surface area contributed by atoms with Crippen molar-refractivity contribution in [2.75, 3.05) is 0 Å². The summed E-state index contributed by atoms with van der Waals surface area (Å²) in [6.07, 6.45) is 0. The molecule has 4 aliphatic rings. The molecule has 4 aliphatic heterocycles. The fraction of sp³-hybridized carbons (Fsp3) is 0. The minimum atomic E-state index is -5.26. The summed E-state index contributed by atoms with van der Waals surface area (Å²) in [7, 11) is -8.69. The Morgan fingerprint density at radius 1 is 0.526 bits per heavy atom. The molecule has 0 N–H and O–H groups in total. The quantitative estimate of drug-likeness (QED) is 0.258.